The number of anilines is 3. The summed E-state index contributed by atoms with van der Waals surface area (Å²) in [5, 5.41) is 5.75. The molecule has 0 bridgehead atoms. The second kappa shape index (κ2) is 7.31. The van der Waals surface area contributed by atoms with E-state index in [0.717, 1.165) is 28.9 Å². The summed E-state index contributed by atoms with van der Waals surface area (Å²) in [5.41, 5.74) is 4.17. The quantitative estimate of drug-likeness (QED) is 0.696. The molecule has 1 amide bonds. The van der Waals surface area contributed by atoms with Crippen LogP contribution in [-0.4, -0.2) is 10.9 Å². The highest BCUT2D eigenvalue weighted by Crippen LogP contribution is 2.22. The van der Waals surface area contributed by atoms with E-state index in [1.807, 2.05) is 26.0 Å². The van der Waals surface area contributed by atoms with Crippen LogP contribution in [0.25, 0.3) is 0 Å². The zero-order valence-electron chi connectivity index (χ0n) is 14.3. The van der Waals surface area contributed by atoms with Crippen LogP contribution in [0.5, 0.6) is 0 Å². The first-order valence-electron chi connectivity index (χ1n) is 7.99. The second-order valence-electron chi connectivity index (χ2n) is 5.96. The maximum absolute atomic E-state index is 13.3. The van der Waals surface area contributed by atoms with E-state index in [4.69, 9.17) is 0 Å². The molecule has 2 aromatic carbocycles. The molecule has 132 valence electrons. The van der Waals surface area contributed by atoms with Crippen molar-refractivity contribution in [3.8, 4) is 0 Å². The Morgan fingerprint density at radius 1 is 0.923 bits per heavy atom. The van der Waals surface area contributed by atoms with Crippen molar-refractivity contribution >= 4 is 23.0 Å². The fourth-order valence-corrected chi connectivity index (χ4v) is 2.51. The average Bonchev–Trinajstić information content (AvgIpc) is 2.61. The smallest absolute Gasteiger partial charge is 0.274 e. The molecule has 3 rings (SSSR count). The number of halogens is 2. The van der Waals surface area contributed by atoms with Crippen molar-refractivity contribution in [3.05, 3.63) is 83.2 Å². The van der Waals surface area contributed by atoms with Gasteiger partial charge in [0.25, 0.3) is 5.91 Å². The van der Waals surface area contributed by atoms with Crippen LogP contribution in [-0.2, 0) is 0 Å². The summed E-state index contributed by atoms with van der Waals surface area (Å²) in [6.07, 6.45) is 1.51. The Bertz CT molecular complexity index is 973. The standard InChI is InChI=1S/C20H17F2N3O/c1-12-3-6-18(13(2)9-12)24-15-7-8-23-19(11-15)20(26)25-14-4-5-16(21)17(22)10-14/h3-11H,1-2H3,(H,23,24)(H,25,26). The van der Waals surface area contributed by atoms with E-state index in [1.54, 1.807) is 12.1 Å². The maximum Gasteiger partial charge on any atom is 0.274 e. The molecule has 4 nitrogen and oxygen atoms in total. The van der Waals surface area contributed by atoms with Crippen molar-refractivity contribution in [1.29, 1.82) is 0 Å². The van der Waals surface area contributed by atoms with Gasteiger partial charge in [-0.1, -0.05) is 17.7 Å². The van der Waals surface area contributed by atoms with E-state index in [-0.39, 0.29) is 11.4 Å². The predicted octanol–water partition coefficient (Wildman–Crippen LogP) is 4.97. The molecule has 0 aliphatic rings. The normalized spacial score (nSPS) is 10.5. The molecule has 0 aliphatic carbocycles. The summed E-state index contributed by atoms with van der Waals surface area (Å²) in [4.78, 5) is 16.3. The van der Waals surface area contributed by atoms with Crippen LogP contribution in [0.4, 0.5) is 25.8 Å². The molecule has 1 heterocycles. The first-order chi connectivity index (χ1) is 12.4. The molecule has 0 aliphatic heterocycles. The van der Waals surface area contributed by atoms with Crippen LogP contribution in [0.3, 0.4) is 0 Å². The number of hydrogen-bond donors (Lipinski definition) is 2. The van der Waals surface area contributed by atoms with Crippen molar-refractivity contribution in [3.63, 3.8) is 0 Å². The van der Waals surface area contributed by atoms with Gasteiger partial charge in [-0.3, -0.25) is 9.78 Å². The number of aryl methyl sites for hydroxylation is 2. The number of nitrogens with one attached hydrogen (secondary N) is 2. The minimum absolute atomic E-state index is 0.156. The molecular formula is C20H17F2N3O. The van der Waals surface area contributed by atoms with Crippen molar-refractivity contribution < 1.29 is 13.6 Å². The van der Waals surface area contributed by atoms with Gasteiger partial charge in [-0.2, -0.15) is 0 Å². The third-order valence-electron chi connectivity index (χ3n) is 3.83. The summed E-state index contributed by atoms with van der Waals surface area (Å²) in [6, 6.07) is 12.5. The topological polar surface area (TPSA) is 54.0 Å². The molecular weight excluding hydrogens is 336 g/mol. The zero-order chi connectivity index (χ0) is 18.7. The van der Waals surface area contributed by atoms with Gasteiger partial charge in [0.1, 0.15) is 5.69 Å². The minimum Gasteiger partial charge on any atom is -0.355 e. The Kier molecular flexibility index (Phi) is 4.93. The summed E-state index contributed by atoms with van der Waals surface area (Å²) < 4.78 is 26.2. The SMILES string of the molecule is Cc1ccc(Nc2ccnc(C(=O)Nc3ccc(F)c(F)c3)c2)c(C)c1. The maximum atomic E-state index is 13.3. The van der Waals surface area contributed by atoms with E-state index in [2.05, 4.69) is 21.7 Å². The Balaban J connectivity index is 1.77. The van der Waals surface area contributed by atoms with Gasteiger partial charge in [-0.05, 0) is 49.7 Å². The van der Waals surface area contributed by atoms with Crippen LogP contribution < -0.4 is 10.6 Å². The molecule has 6 heteroatoms. The molecule has 26 heavy (non-hydrogen) atoms. The molecule has 2 N–H and O–H groups in total. The van der Waals surface area contributed by atoms with Gasteiger partial charge in [0.05, 0.1) is 0 Å². The van der Waals surface area contributed by atoms with Gasteiger partial charge in [-0.15, -0.1) is 0 Å². The van der Waals surface area contributed by atoms with Crippen molar-refractivity contribution in [2.75, 3.05) is 10.6 Å². The lowest BCUT2D eigenvalue weighted by atomic mass is 10.1. The average molecular weight is 353 g/mol. The van der Waals surface area contributed by atoms with Crippen LogP contribution in [0.1, 0.15) is 21.6 Å². The molecule has 0 unspecified atom stereocenters. The van der Waals surface area contributed by atoms with Gasteiger partial charge in [0, 0.05) is 29.3 Å². The molecule has 0 radical (unpaired) electrons. The lowest BCUT2D eigenvalue weighted by Gasteiger charge is -2.11. The lowest BCUT2D eigenvalue weighted by molar-refractivity contribution is 0.102. The highest BCUT2D eigenvalue weighted by atomic mass is 19.2. The van der Waals surface area contributed by atoms with Gasteiger partial charge in [0.2, 0.25) is 0 Å². The number of hydrogen-bond acceptors (Lipinski definition) is 3. The van der Waals surface area contributed by atoms with Crippen molar-refractivity contribution in [2.24, 2.45) is 0 Å². The molecule has 0 saturated heterocycles. The summed E-state index contributed by atoms with van der Waals surface area (Å²) >= 11 is 0. The molecule has 1 aromatic heterocycles. The first-order valence-corrected chi connectivity index (χ1v) is 7.99. The number of amides is 1. The number of nitrogens with zero attached hydrogens (tertiary/aromatic N) is 1. The Hall–Kier alpha value is -3.28. The largest absolute Gasteiger partial charge is 0.355 e. The summed E-state index contributed by atoms with van der Waals surface area (Å²) in [7, 11) is 0. The highest BCUT2D eigenvalue weighted by molar-refractivity contribution is 6.03. The molecule has 0 fully saturated rings. The summed E-state index contributed by atoms with van der Waals surface area (Å²) in [6.45, 7) is 4.01. The van der Waals surface area contributed by atoms with Crippen LogP contribution in [0.15, 0.2) is 54.7 Å². The molecule has 0 atom stereocenters. The number of rotatable bonds is 4. The van der Waals surface area contributed by atoms with E-state index in [0.29, 0.717) is 5.69 Å². The van der Waals surface area contributed by atoms with E-state index in [1.165, 1.54) is 12.3 Å². The van der Waals surface area contributed by atoms with E-state index < -0.39 is 17.5 Å². The van der Waals surface area contributed by atoms with E-state index >= 15 is 0 Å². The van der Waals surface area contributed by atoms with Gasteiger partial charge in [-0.25, -0.2) is 8.78 Å². The monoisotopic (exact) mass is 353 g/mol. The predicted molar refractivity (Wildman–Crippen MR) is 97.7 cm³/mol. The third-order valence-corrected chi connectivity index (χ3v) is 3.83. The number of pyridine rings is 1. The Labute approximate surface area is 149 Å². The number of aromatic nitrogens is 1. The fourth-order valence-electron chi connectivity index (χ4n) is 2.51. The third kappa shape index (κ3) is 4.03. The minimum atomic E-state index is -1.03. The summed E-state index contributed by atoms with van der Waals surface area (Å²) in [5.74, 6) is -2.51. The van der Waals surface area contributed by atoms with Gasteiger partial charge < -0.3 is 10.6 Å². The molecule has 3 aromatic rings. The molecule has 0 saturated carbocycles. The number of benzene rings is 2. The van der Waals surface area contributed by atoms with Crippen LogP contribution in [0, 0.1) is 25.5 Å². The Morgan fingerprint density at radius 3 is 2.46 bits per heavy atom. The van der Waals surface area contributed by atoms with Crippen molar-refractivity contribution in [2.45, 2.75) is 13.8 Å². The zero-order valence-corrected chi connectivity index (χ0v) is 14.3. The van der Waals surface area contributed by atoms with Crippen LogP contribution >= 0.6 is 0 Å². The Morgan fingerprint density at radius 2 is 1.73 bits per heavy atom. The van der Waals surface area contributed by atoms with Gasteiger partial charge >= 0.3 is 0 Å². The highest BCUT2D eigenvalue weighted by Gasteiger charge is 2.11. The lowest BCUT2D eigenvalue weighted by Crippen LogP contribution is -2.14. The van der Waals surface area contributed by atoms with E-state index in [9.17, 15) is 13.6 Å². The van der Waals surface area contributed by atoms with Gasteiger partial charge in [0.15, 0.2) is 11.6 Å². The number of carbonyl (C=O) groups is 1. The van der Waals surface area contributed by atoms with Crippen LogP contribution in [0.2, 0.25) is 0 Å². The van der Waals surface area contributed by atoms with Crippen molar-refractivity contribution in [1.82, 2.24) is 4.98 Å². The first kappa shape index (κ1) is 17.5. The fraction of sp³-hybridized carbons (Fsp3) is 0.100. The molecule has 0 spiro atoms. The second-order valence-corrected chi connectivity index (χ2v) is 5.96. The number of carbonyl (C=O) groups excluding carboxylic acids is 1.